The minimum atomic E-state index is -0.879. The van der Waals surface area contributed by atoms with Crippen molar-refractivity contribution in [1.82, 2.24) is 4.90 Å². The molecular formula is C15H27NO3. The van der Waals surface area contributed by atoms with E-state index in [2.05, 4.69) is 18.7 Å². The van der Waals surface area contributed by atoms with Crippen molar-refractivity contribution in [2.45, 2.75) is 64.5 Å². The van der Waals surface area contributed by atoms with Crippen LogP contribution in [0.15, 0.2) is 0 Å². The third-order valence-corrected chi connectivity index (χ3v) is 4.68. The van der Waals surface area contributed by atoms with Gasteiger partial charge in [0.15, 0.2) is 0 Å². The maximum Gasteiger partial charge on any atom is 0.329 e. The fourth-order valence-corrected chi connectivity index (χ4v) is 3.41. The van der Waals surface area contributed by atoms with Crippen molar-refractivity contribution in [1.29, 1.82) is 0 Å². The molecule has 1 N–H and O–H groups in total. The van der Waals surface area contributed by atoms with Crippen molar-refractivity contribution in [3.8, 4) is 0 Å². The number of carboxylic acids is 1. The van der Waals surface area contributed by atoms with Crippen LogP contribution in [0.4, 0.5) is 0 Å². The predicted molar refractivity (Wildman–Crippen MR) is 74.2 cm³/mol. The predicted octanol–water partition coefficient (Wildman–Crippen LogP) is 2.52. The Labute approximate surface area is 116 Å². The summed E-state index contributed by atoms with van der Waals surface area (Å²) < 4.78 is 5.48. The number of nitrogens with zero attached hydrogens (tertiary/aromatic N) is 1. The third kappa shape index (κ3) is 3.93. The fourth-order valence-electron chi connectivity index (χ4n) is 3.41. The fraction of sp³-hybridized carbons (Fsp3) is 0.933. The summed E-state index contributed by atoms with van der Waals surface area (Å²) in [5.74, 6) is -0.879. The van der Waals surface area contributed by atoms with Gasteiger partial charge in [0.05, 0.1) is 5.60 Å². The first-order valence-electron chi connectivity index (χ1n) is 7.40. The first-order chi connectivity index (χ1) is 8.80. The molecule has 0 amide bonds. The van der Waals surface area contributed by atoms with E-state index < -0.39 is 5.97 Å². The number of rotatable bonds is 4. The van der Waals surface area contributed by atoms with Gasteiger partial charge in [-0.2, -0.15) is 0 Å². The highest BCUT2D eigenvalue weighted by molar-refractivity contribution is 5.68. The van der Waals surface area contributed by atoms with Crippen molar-refractivity contribution in [2.75, 3.05) is 19.7 Å². The van der Waals surface area contributed by atoms with Crippen LogP contribution in [0.25, 0.3) is 0 Å². The first-order valence-corrected chi connectivity index (χ1v) is 7.40. The Morgan fingerprint density at radius 3 is 2.58 bits per heavy atom. The van der Waals surface area contributed by atoms with Gasteiger partial charge in [0.25, 0.3) is 0 Å². The van der Waals surface area contributed by atoms with E-state index in [9.17, 15) is 4.79 Å². The average molecular weight is 269 g/mol. The molecule has 0 aromatic rings. The van der Waals surface area contributed by atoms with E-state index in [-0.39, 0.29) is 12.2 Å². The van der Waals surface area contributed by atoms with E-state index in [1.54, 1.807) is 0 Å². The Balaban J connectivity index is 1.78. The van der Waals surface area contributed by atoms with Gasteiger partial charge in [0.1, 0.15) is 6.61 Å². The molecule has 4 heteroatoms. The molecule has 0 bridgehead atoms. The zero-order chi connectivity index (χ0) is 14.1. The molecule has 1 atom stereocenters. The van der Waals surface area contributed by atoms with E-state index in [1.165, 1.54) is 32.1 Å². The summed E-state index contributed by atoms with van der Waals surface area (Å²) in [6, 6.07) is 0.670. The number of hydrogen-bond acceptors (Lipinski definition) is 3. The molecule has 0 aromatic carbocycles. The van der Waals surface area contributed by atoms with Crippen molar-refractivity contribution in [3.63, 3.8) is 0 Å². The molecule has 1 aliphatic heterocycles. The summed E-state index contributed by atoms with van der Waals surface area (Å²) in [6.45, 7) is 8.34. The Morgan fingerprint density at radius 2 is 1.95 bits per heavy atom. The molecule has 4 nitrogen and oxygen atoms in total. The van der Waals surface area contributed by atoms with Crippen molar-refractivity contribution in [2.24, 2.45) is 5.41 Å². The molecule has 19 heavy (non-hydrogen) atoms. The second-order valence-electron chi connectivity index (χ2n) is 7.29. The van der Waals surface area contributed by atoms with Gasteiger partial charge in [0, 0.05) is 19.1 Å². The van der Waals surface area contributed by atoms with E-state index in [4.69, 9.17) is 9.84 Å². The van der Waals surface area contributed by atoms with Crippen LogP contribution in [0.2, 0.25) is 0 Å². The molecule has 2 aliphatic rings. The highest BCUT2D eigenvalue weighted by Gasteiger charge is 2.43. The molecule has 1 saturated carbocycles. The molecular weight excluding hydrogens is 242 g/mol. The van der Waals surface area contributed by atoms with Crippen LogP contribution >= 0.6 is 0 Å². The second kappa shape index (κ2) is 5.41. The Kier molecular flexibility index (Phi) is 4.21. The van der Waals surface area contributed by atoms with Gasteiger partial charge in [-0.05, 0) is 38.0 Å². The molecule has 110 valence electrons. The van der Waals surface area contributed by atoms with E-state index in [1.807, 2.05) is 6.92 Å². The van der Waals surface area contributed by atoms with E-state index >= 15 is 0 Å². The van der Waals surface area contributed by atoms with Crippen LogP contribution in [0.5, 0.6) is 0 Å². The van der Waals surface area contributed by atoms with Gasteiger partial charge >= 0.3 is 5.97 Å². The highest BCUT2D eigenvalue weighted by Crippen LogP contribution is 2.38. The van der Waals surface area contributed by atoms with E-state index in [0.29, 0.717) is 11.5 Å². The minimum absolute atomic E-state index is 0.179. The topological polar surface area (TPSA) is 49.8 Å². The maximum absolute atomic E-state index is 10.5. The lowest BCUT2D eigenvalue weighted by Gasteiger charge is -2.51. The average Bonchev–Trinajstić information content (AvgIpc) is 2.44. The molecule has 1 aliphatic carbocycles. The standard InChI is InChI=1S/C15H27NO3/c1-14(2)7-4-5-12(6-8-14)16-10-15(3,11-16)19-9-13(17)18/h12H,4-11H2,1-3H3,(H,17,18). The lowest BCUT2D eigenvalue weighted by Crippen LogP contribution is -2.64. The quantitative estimate of drug-likeness (QED) is 0.797. The monoisotopic (exact) mass is 269 g/mol. The number of carbonyl (C=O) groups is 1. The number of aliphatic carboxylic acids is 1. The van der Waals surface area contributed by atoms with Gasteiger partial charge in [-0.15, -0.1) is 0 Å². The van der Waals surface area contributed by atoms with Crippen LogP contribution in [0, 0.1) is 5.41 Å². The van der Waals surface area contributed by atoms with Gasteiger partial charge in [-0.25, -0.2) is 4.79 Å². The number of hydrogen-bond donors (Lipinski definition) is 1. The summed E-state index contributed by atoms with van der Waals surface area (Å²) in [7, 11) is 0. The van der Waals surface area contributed by atoms with Gasteiger partial charge in [-0.3, -0.25) is 4.90 Å². The Morgan fingerprint density at radius 1 is 1.26 bits per heavy atom. The molecule has 0 spiro atoms. The summed E-state index contributed by atoms with van der Waals surface area (Å²) in [5.41, 5.74) is 0.239. The zero-order valence-corrected chi connectivity index (χ0v) is 12.4. The molecule has 1 heterocycles. The molecule has 0 aromatic heterocycles. The van der Waals surface area contributed by atoms with Crippen molar-refractivity contribution in [3.05, 3.63) is 0 Å². The minimum Gasteiger partial charge on any atom is -0.480 e. The second-order valence-corrected chi connectivity index (χ2v) is 7.29. The van der Waals surface area contributed by atoms with Crippen molar-refractivity contribution >= 4 is 5.97 Å². The van der Waals surface area contributed by atoms with Gasteiger partial charge < -0.3 is 9.84 Å². The van der Waals surface area contributed by atoms with Crippen molar-refractivity contribution < 1.29 is 14.6 Å². The Hall–Kier alpha value is -0.610. The first kappa shape index (κ1) is 14.8. The largest absolute Gasteiger partial charge is 0.480 e. The SMILES string of the molecule is CC1(C)CCCC(N2CC(C)(OCC(=O)O)C2)CC1. The number of carboxylic acid groups (broad SMARTS) is 1. The summed E-state index contributed by atoms with van der Waals surface area (Å²) >= 11 is 0. The number of likely N-dealkylation sites (tertiary alicyclic amines) is 1. The van der Waals surface area contributed by atoms with Crippen LogP contribution in [0.3, 0.4) is 0 Å². The smallest absolute Gasteiger partial charge is 0.329 e. The van der Waals surface area contributed by atoms with Crippen LogP contribution in [-0.4, -0.2) is 47.3 Å². The summed E-state index contributed by atoms with van der Waals surface area (Å²) in [5, 5.41) is 8.67. The lowest BCUT2D eigenvalue weighted by atomic mass is 9.85. The highest BCUT2D eigenvalue weighted by atomic mass is 16.5. The van der Waals surface area contributed by atoms with E-state index in [0.717, 1.165) is 13.1 Å². The molecule has 1 saturated heterocycles. The normalized spacial score (nSPS) is 30.4. The third-order valence-electron chi connectivity index (χ3n) is 4.68. The van der Waals surface area contributed by atoms with Gasteiger partial charge in [-0.1, -0.05) is 20.3 Å². The van der Waals surface area contributed by atoms with Crippen LogP contribution < -0.4 is 0 Å². The summed E-state index contributed by atoms with van der Waals surface area (Å²) in [6.07, 6.45) is 6.46. The molecule has 2 rings (SSSR count). The van der Waals surface area contributed by atoms with Crippen LogP contribution in [-0.2, 0) is 9.53 Å². The molecule has 0 radical (unpaired) electrons. The number of ether oxygens (including phenoxy) is 1. The zero-order valence-electron chi connectivity index (χ0n) is 12.4. The lowest BCUT2D eigenvalue weighted by molar-refractivity contribution is -0.170. The molecule has 1 unspecified atom stereocenters. The summed E-state index contributed by atoms with van der Waals surface area (Å²) in [4.78, 5) is 13.0. The Bertz CT molecular complexity index is 334. The van der Waals surface area contributed by atoms with Crippen LogP contribution in [0.1, 0.15) is 52.9 Å². The van der Waals surface area contributed by atoms with Gasteiger partial charge in [0.2, 0.25) is 0 Å². The maximum atomic E-state index is 10.5. The molecule has 2 fully saturated rings.